The molecular weight excluding hydrogens is 248 g/mol. The van der Waals surface area contributed by atoms with E-state index in [1.807, 2.05) is 23.6 Å². The van der Waals surface area contributed by atoms with Gasteiger partial charge in [-0.1, -0.05) is 6.07 Å². The number of hydrogen-bond donors (Lipinski definition) is 0. The van der Waals surface area contributed by atoms with E-state index in [4.69, 9.17) is 0 Å². The van der Waals surface area contributed by atoms with Crippen molar-refractivity contribution in [2.24, 2.45) is 0 Å². The first-order valence-electron chi connectivity index (χ1n) is 5.72. The van der Waals surface area contributed by atoms with Crippen molar-refractivity contribution in [3.8, 4) is 11.4 Å². The minimum atomic E-state index is -0.170. The number of nitrogens with zero attached hydrogens (tertiary/aromatic N) is 2. The monoisotopic (exact) mass is 262 g/mol. The zero-order valence-electron chi connectivity index (χ0n) is 10.1. The molecule has 0 unspecified atom stereocenters. The first-order chi connectivity index (χ1) is 8.79. The molecule has 0 fully saturated rings. The van der Waals surface area contributed by atoms with Crippen LogP contribution in [0.15, 0.2) is 29.8 Å². The maximum atomic E-state index is 11.0. The topological polar surface area (TPSA) is 52.1 Å². The summed E-state index contributed by atoms with van der Waals surface area (Å²) in [6.45, 7) is 0. The lowest BCUT2D eigenvalue weighted by atomic mass is 10.2. The maximum absolute atomic E-state index is 11.0. The fraction of sp³-hybridized carbons (Fsp3) is 0.308. The molecule has 18 heavy (non-hydrogen) atoms. The van der Waals surface area contributed by atoms with Crippen molar-refractivity contribution in [3.05, 3.63) is 34.8 Å². The molecular formula is C13H14N2O2S. The van der Waals surface area contributed by atoms with Crippen molar-refractivity contribution in [3.63, 3.8) is 0 Å². The summed E-state index contributed by atoms with van der Waals surface area (Å²) in [5, 5.41) is 3.02. The fourth-order valence-corrected chi connectivity index (χ4v) is 2.38. The van der Waals surface area contributed by atoms with E-state index in [0.717, 1.165) is 29.2 Å². The molecule has 2 aromatic heterocycles. The highest BCUT2D eigenvalue weighted by Gasteiger charge is 2.06. The van der Waals surface area contributed by atoms with Crippen molar-refractivity contribution in [1.82, 2.24) is 9.97 Å². The number of rotatable bonds is 5. The SMILES string of the molecule is COC(=O)CCCc1nc(-c2ccccn2)cs1. The quantitative estimate of drug-likeness (QED) is 0.777. The highest BCUT2D eigenvalue weighted by Crippen LogP contribution is 2.20. The number of esters is 1. The highest BCUT2D eigenvalue weighted by atomic mass is 32.1. The Balaban J connectivity index is 1.93. The van der Waals surface area contributed by atoms with Gasteiger partial charge in [0.05, 0.1) is 23.5 Å². The van der Waals surface area contributed by atoms with E-state index >= 15 is 0 Å². The van der Waals surface area contributed by atoms with E-state index in [1.54, 1.807) is 17.5 Å². The molecule has 2 heterocycles. The summed E-state index contributed by atoms with van der Waals surface area (Å²) < 4.78 is 4.60. The third-order valence-corrected chi connectivity index (χ3v) is 3.39. The normalized spacial score (nSPS) is 10.3. The number of hydrogen-bond acceptors (Lipinski definition) is 5. The number of aromatic nitrogens is 2. The van der Waals surface area contributed by atoms with Crippen LogP contribution in [-0.4, -0.2) is 23.0 Å². The molecule has 0 aliphatic carbocycles. The molecule has 0 aliphatic heterocycles. The number of carbonyl (C=O) groups is 1. The van der Waals surface area contributed by atoms with Crippen molar-refractivity contribution < 1.29 is 9.53 Å². The Morgan fingerprint density at radius 3 is 3.00 bits per heavy atom. The predicted octanol–water partition coefficient (Wildman–Crippen LogP) is 2.70. The number of methoxy groups -OCH3 is 1. The molecule has 0 bridgehead atoms. The molecule has 0 atom stereocenters. The van der Waals surface area contributed by atoms with E-state index < -0.39 is 0 Å². The van der Waals surface area contributed by atoms with Gasteiger partial charge in [0.2, 0.25) is 0 Å². The van der Waals surface area contributed by atoms with Crippen LogP contribution in [0.5, 0.6) is 0 Å². The molecule has 0 N–H and O–H groups in total. The third kappa shape index (κ3) is 3.37. The summed E-state index contributed by atoms with van der Waals surface area (Å²) in [4.78, 5) is 19.7. The maximum Gasteiger partial charge on any atom is 0.305 e. The summed E-state index contributed by atoms with van der Waals surface area (Å²) in [5.74, 6) is -0.170. The standard InChI is InChI=1S/C13H14N2O2S/c1-17-13(16)7-4-6-12-15-11(9-18-12)10-5-2-3-8-14-10/h2-3,5,8-9H,4,6-7H2,1H3. The van der Waals surface area contributed by atoms with E-state index in [2.05, 4.69) is 14.7 Å². The Hall–Kier alpha value is -1.75. The van der Waals surface area contributed by atoms with Gasteiger partial charge in [0.25, 0.3) is 0 Å². The minimum absolute atomic E-state index is 0.170. The molecule has 0 saturated heterocycles. The lowest BCUT2D eigenvalue weighted by Crippen LogP contribution is -2.00. The van der Waals surface area contributed by atoms with Crippen LogP contribution in [0, 0.1) is 0 Å². The molecule has 94 valence electrons. The van der Waals surface area contributed by atoms with Crippen LogP contribution in [0.4, 0.5) is 0 Å². The van der Waals surface area contributed by atoms with E-state index in [-0.39, 0.29) is 5.97 Å². The van der Waals surface area contributed by atoms with E-state index in [0.29, 0.717) is 6.42 Å². The van der Waals surface area contributed by atoms with Crippen LogP contribution in [0.25, 0.3) is 11.4 Å². The molecule has 0 spiro atoms. The van der Waals surface area contributed by atoms with Crippen molar-refractivity contribution in [2.45, 2.75) is 19.3 Å². The predicted molar refractivity (Wildman–Crippen MR) is 70.3 cm³/mol. The smallest absolute Gasteiger partial charge is 0.305 e. The third-order valence-electron chi connectivity index (χ3n) is 2.48. The van der Waals surface area contributed by atoms with Gasteiger partial charge in [0, 0.05) is 18.0 Å². The summed E-state index contributed by atoms with van der Waals surface area (Å²) in [6, 6.07) is 5.76. The number of carbonyl (C=O) groups excluding carboxylic acids is 1. The Morgan fingerprint density at radius 1 is 1.39 bits per heavy atom. The Kier molecular flexibility index (Phi) is 4.41. The molecule has 0 saturated carbocycles. The van der Waals surface area contributed by atoms with Gasteiger partial charge in [-0.25, -0.2) is 4.98 Å². The van der Waals surface area contributed by atoms with Crippen LogP contribution in [0.2, 0.25) is 0 Å². The second-order valence-corrected chi connectivity index (χ2v) is 4.71. The zero-order chi connectivity index (χ0) is 12.8. The molecule has 2 rings (SSSR count). The van der Waals surface area contributed by atoms with E-state index in [9.17, 15) is 4.79 Å². The summed E-state index contributed by atoms with van der Waals surface area (Å²) in [7, 11) is 1.41. The van der Waals surface area contributed by atoms with Gasteiger partial charge in [-0.3, -0.25) is 9.78 Å². The molecule has 0 amide bonds. The summed E-state index contributed by atoms with van der Waals surface area (Å²) >= 11 is 1.60. The Bertz CT molecular complexity index is 511. The largest absolute Gasteiger partial charge is 0.469 e. The Labute approximate surface area is 110 Å². The average molecular weight is 262 g/mol. The van der Waals surface area contributed by atoms with Crippen LogP contribution in [-0.2, 0) is 16.0 Å². The van der Waals surface area contributed by atoms with Crippen LogP contribution >= 0.6 is 11.3 Å². The lowest BCUT2D eigenvalue weighted by molar-refractivity contribution is -0.140. The van der Waals surface area contributed by atoms with Gasteiger partial charge >= 0.3 is 5.97 Å². The number of aryl methyl sites for hydroxylation is 1. The minimum Gasteiger partial charge on any atom is -0.469 e. The Morgan fingerprint density at radius 2 is 2.28 bits per heavy atom. The molecule has 0 radical (unpaired) electrons. The van der Waals surface area contributed by atoms with Gasteiger partial charge in [0.15, 0.2) is 0 Å². The number of ether oxygens (including phenoxy) is 1. The zero-order valence-corrected chi connectivity index (χ0v) is 10.9. The fourth-order valence-electron chi connectivity index (χ4n) is 1.54. The van der Waals surface area contributed by atoms with Gasteiger partial charge in [-0.2, -0.15) is 0 Å². The second-order valence-electron chi connectivity index (χ2n) is 3.77. The van der Waals surface area contributed by atoms with Crippen LogP contribution in [0.3, 0.4) is 0 Å². The molecule has 2 aromatic rings. The van der Waals surface area contributed by atoms with Crippen molar-refractivity contribution >= 4 is 17.3 Å². The summed E-state index contributed by atoms with van der Waals surface area (Å²) in [5.41, 5.74) is 1.78. The first-order valence-corrected chi connectivity index (χ1v) is 6.60. The first kappa shape index (κ1) is 12.7. The second kappa shape index (κ2) is 6.26. The molecule has 0 aromatic carbocycles. The summed E-state index contributed by atoms with van der Waals surface area (Å²) in [6.07, 6.45) is 3.76. The highest BCUT2D eigenvalue weighted by molar-refractivity contribution is 7.09. The number of pyridine rings is 1. The van der Waals surface area contributed by atoms with Crippen molar-refractivity contribution in [1.29, 1.82) is 0 Å². The molecule has 4 nitrogen and oxygen atoms in total. The van der Waals surface area contributed by atoms with E-state index in [1.165, 1.54) is 7.11 Å². The van der Waals surface area contributed by atoms with Gasteiger partial charge in [-0.05, 0) is 25.0 Å². The average Bonchev–Trinajstić information content (AvgIpc) is 2.88. The van der Waals surface area contributed by atoms with Gasteiger partial charge < -0.3 is 4.74 Å². The lowest BCUT2D eigenvalue weighted by Gasteiger charge is -1.97. The van der Waals surface area contributed by atoms with Crippen LogP contribution in [0.1, 0.15) is 17.8 Å². The number of thiazole rings is 1. The van der Waals surface area contributed by atoms with Crippen molar-refractivity contribution in [2.75, 3.05) is 7.11 Å². The van der Waals surface area contributed by atoms with Gasteiger partial charge in [0.1, 0.15) is 0 Å². The molecule has 0 aliphatic rings. The molecule has 5 heteroatoms. The van der Waals surface area contributed by atoms with Gasteiger partial charge in [-0.15, -0.1) is 11.3 Å². The van der Waals surface area contributed by atoms with Crippen LogP contribution < -0.4 is 0 Å².